The van der Waals surface area contributed by atoms with Gasteiger partial charge in [-0.1, -0.05) is 6.92 Å². The molecule has 6 nitrogen and oxygen atoms in total. The molecule has 0 aliphatic carbocycles. The van der Waals surface area contributed by atoms with Crippen molar-refractivity contribution in [3.05, 3.63) is 0 Å². The van der Waals surface area contributed by atoms with Gasteiger partial charge >= 0.3 is 12.0 Å². The highest BCUT2D eigenvalue weighted by molar-refractivity contribution is 7.85. The molecule has 0 aromatic carbocycles. The van der Waals surface area contributed by atoms with Crippen molar-refractivity contribution in [1.29, 1.82) is 0 Å². The maximum Gasteiger partial charge on any atom is 0.315 e. The number of nitrogens with one attached hydrogen (secondary N) is 2. The molecular weight excluding hydrogens is 268 g/mol. The summed E-state index contributed by atoms with van der Waals surface area (Å²) in [4.78, 5) is 22.0. The van der Waals surface area contributed by atoms with Gasteiger partial charge < -0.3 is 15.7 Å². The average Bonchev–Trinajstić information content (AvgIpc) is 2.36. The third-order valence-electron chi connectivity index (χ3n) is 3.19. The lowest BCUT2D eigenvalue weighted by atomic mass is 10.1. The Kier molecular flexibility index (Phi) is 6.83. The van der Waals surface area contributed by atoms with E-state index in [0.717, 1.165) is 12.8 Å². The van der Waals surface area contributed by atoms with E-state index in [9.17, 15) is 13.8 Å². The molecule has 0 aromatic rings. The molecule has 1 heterocycles. The average molecular weight is 290 g/mol. The molecule has 1 atom stereocenters. The van der Waals surface area contributed by atoms with Crippen LogP contribution in [0.4, 0.5) is 4.79 Å². The molecule has 3 N–H and O–H groups in total. The first kappa shape index (κ1) is 15.9. The van der Waals surface area contributed by atoms with Crippen LogP contribution in [0.5, 0.6) is 0 Å². The summed E-state index contributed by atoms with van der Waals surface area (Å²) in [5.41, 5.74) is 0. The van der Waals surface area contributed by atoms with Crippen molar-refractivity contribution in [3.8, 4) is 0 Å². The fraction of sp³-hybridized carbons (Fsp3) is 0.833. The van der Waals surface area contributed by atoms with Gasteiger partial charge in [-0.15, -0.1) is 0 Å². The van der Waals surface area contributed by atoms with Crippen LogP contribution in [0.15, 0.2) is 0 Å². The van der Waals surface area contributed by atoms with Gasteiger partial charge in [0.15, 0.2) is 0 Å². The number of rotatable bonds is 6. The Morgan fingerprint density at radius 1 is 1.37 bits per heavy atom. The lowest BCUT2D eigenvalue weighted by Crippen LogP contribution is -2.45. The Bertz CT molecular complexity index is 339. The summed E-state index contributed by atoms with van der Waals surface area (Å²) in [5.74, 6) is 0.632. The van der Waals surface area contributed by atoms with Gasteiger partial charge in [-0.25, -0.2) is 4.79 Å². The van der Waals surface area contributed by atoms with Crippen molar-refractivity contribution >= 4 is 22.8 Å². The third-order valence-corrected chi connectivity index (χ3v) is 4.57. The highest BCUT2D eigenvalue weighted by Crippen LogP contribution is 2.09. The number of carboxylic acid groups (broad SMARTS) is 1. The third kappa shape index (κ3) is 7.15. The monoisotopic (exact) mass is 290 g/mol. The van der Waals surface area contributed by atoms with Gasteiger partial charge in [-0.05, 0) is 25.2 Å². The number of amides is 2. The van der Waals surface area contributed by atoms with Gasteiger partial charge in [0.2, 0.25) is 0 Å². The number of hydrogen-bond acceptors (Lipinski definition) is 3. The summed E-state index contributed by atoms with van der Waals surface area (Å²) >= 11 is 0. The van der Waals surface area contributed by atoms with Gasteiger partial charge in [-0.2, -0.15) is 0 Å². The summed E-state index contributed by atoms with van der Waals surface area (Å²) in [6.45, 7) is 2.38. The van der Waals surface area contributed by atoms with E-state index in [1.165, 1.54) is 0 Å². The summed E-state index contributed by atoms with van der Waals surface area (Å²) in [7, 11) is -0.721. The van der Waals surface area contributed by atoms with Crippen LogP contribution in [0.2, 0.25) is 0 Å². The number of hydrogen-bond donors (Lipinski definition) is 3. The van der Waals surface area contributed by atoms with Crippen LogP contribution in [-0.2, 0) is 15.6 Å². The summed E-state index contributed by atoms with van der Waals surface area (Å²) in [6.07, 6.45) is 2.19. The quantitative estimate of drug-likeness (QED) is 0.671. The van der Waals surface area contributed by atoms with Crippen LogP contribution in [0.25, 0.3) is 0 Å². The smallest absolute Gasteiger partial charge is 0.315 e. The summed E-state index contributed by atoms with van der Waals surface area (Å²) in [5, 5.41) is 14.2. The zero-order valence-corrected chi connectivity index (χ0v) is 12.0. The van der Waals surface area contributed by atoms with E-state index in [4.69, 9.17) is 5.11 Å². The van der Waals surface area contributed by atoms with Gasteiger partial charge in [0.1, 0.15) is 0 Å². The number of aliphatic carboxylic acids is 1. The van der Waals surface area contributed by atoms with Crippen molar-refractivity contribution in [2.75, 3.05) is 18.1 Å². The van der Waals surface area contributed by atoms with E-state index in [-0.39, 0.29) is 24.4 Å². The predicted octanol–water partition coefficient (Wildman–Crippen LogP) is 0.698. The molecule has 1 unspecified atom stereocenters. The Hall–Kier alpha value is -1.11. The molecule has 1 rings (SSSR count). The molecule has 0 spiro atoms. The van der Waals surface area contributed by atoms with E-state index in [0.29, 0.717) is 24.5 Å². The molecular formula is C12H22N2O4S. The van der Waals surface area contributed by atoms with Crippen LogP contribution >= 0.6 is 0 Å². The number of carbonyl (C=O) groups is 2. The highest BCUT2D eigenvalue weighted by atomic mass is 32.2. The second-order valence-electron chi connectivity index (χ2n) is 5.01. The topological polar surface area (TPSA) is 95.5 Å². The predicted molar refractivity (Wildman–Crippen MR) is 73.5 cm³/mol. The standard InChI is InChI=1S/C12H22N2O4S/c1-9(2-3-11(15)16)8-13-12(17)14-10-4-6-19(18)7-5-10/h9-10H,2-8H2,1H3,(H,15,16)(H2,13,14,17). The van der Waals surface area contributed by atoms with Gasteiger partial charge in [0.05, 0.1) is 0 Å². The SMILES string of the molecule is CC(CCC(=O)O)CNC(=O)NC1CCS(=O)CC1. The fourth-order valence-electron chi connectivity index (χ4n) is 1.91. The van der Waals surface area contributed by atoms with Crippen LogP contribution in [0.1, 0.15) is 32.6 Å². The minimum Gasteiger partial charge on any atom is -0.481 e. The molecule has 1 saturated heterocycles. The van der Waals surface area contributed by atoms with Gasteiger partial charge in [0.25, 0.3) is 0 Å². The molecule has 1 aliphatic heterocycles. The molecule has 1 aliphatic rings. The van der Waals surface area contributed by atoms with E-state index in [2.05, 4.69) is 10.6 Å². The Morgan fingerprint density at radius 2 is 2.00 bits per heavy atom. The molecule has 7 heteroatoms. The van der Waals surface area contributed by atoms with Crippen molar-refractivity contribution in [1.82, 2.24) is 10.6 Å². The molecule has 1 fully saturated rings. The maximum atomic E-state index is 11.6. The zero-order valence-electron chi connectivity index (χ0n) is 11.2. The first-order chi connectivity index (χ1) is 8.97. The van der Waals surface area contributed by atoms with Crippen LogP contribution in [0.3, 0.4) is 0 Å². The van der Waals surface area contributed by atoms with Crippen molar-refractivity contribution in [2.45, 2.75) is 38.6 Å². The zero-order chi connectivity index (χ0) is 14.3. The first-order valence-electron chi connectivity index (χ1n) is 6.58. The van der Waals surface area contributed by atoms with Gasteiger partial charge in [-0.3, -0.25) is 9.00 Å². The van der Waals surface area contributed by atoms with Crippen LogP contribution in [-0.4, -0.2) is 45.4 Å². The Balaban J connectivity index is 2.13. The van der Waals surface area contributed by atoms with E-state index >= 15 is 0 Å². The summed E-state index contributed by atoms with van der Waals surface area (Å²) < 4.78 is 11.2. The number of urea groups is 1. The van der Waals surface area contributed by atoms with E-state index in [1.54, 1.807) is 0 Å². The number of carboxylic acids is 1. The van der Waals surface area contributed by atoms with Crippen molar-refractivity contribution < 1.29 is 18.9 Å². The molecule has 0 radical (unpaired) electrons. The normalized spacial score (nSPS) is 24.5. The molecule has 110 valence electrons. The minimum atomic E-state index is -0.813. The van der Waals surface area contributed by atoms with Crippen LogP contribution in [0, 0.1) is 5.92 Å². The molecule has 2 amide bonds. The summed E-state index contributed by atoms with van der Waals surface area (Å²) in [6, 6.07) is -0.119. The first-order valence-corrected chi connectivity index (χ1v) is 8.07. The molecule has 19 heavy (non-hydrogen) atoms. The van der Waals surface area contributed by atoms with Gasteiger partial charge in [0, 0.05) is 41.3 Å². The van der Waals surface area contributed by atoms with E-state index in [1.807, 2.05) is 6.92 Å². The lowest BCUT2D eigenvalue weighted by Gasteiger charge is -2.23. The number of carbonyl (C=O) groups excluding carboxylic acids is 1. The Morgan fingerprint density at radius 3 is 2.58 bits per heavy atom. The van der Waals surface area contributed by atoms with Crippen LogP contribution < -0.4 is 10.6 Å². The largest absolute Gasteiger partial charge is 0.481 e. The molecule has 0 aromatic heterocycles. The second kappa shape index (κ2) is 8.14. The Labute approximate surface area is 115 Å². The molecule has 0 bridgehead atoms. The van der Waals surface area contributed by atoms with E-state index < -0.39 is 16.8 Å². The highest BCUT2D eigenvalue weighted by Gasteiger charge is 2.19. The van der Waals surface area contributed by atoms with Crippen molar-refractivity contribution in [2.24, 2.45) is 5.92 Å². The lowest BCUT2D eigenvalue weighted by molar-refractivity contribution is -0.137. The molecule has 0 saturated carbocycles. The second-order valence-corrected chi connectivity index (χ2v) is 6.71. The fourth-order valence-corrected chi connectivity index (χ4v) is 3.21. The minimum absolute atomic E-state index is 0.104. The van der Waals surface area contributed by atoms with Crippen molar-refractivity contribution in [3.63, 3.8) is 0 Å². The maximum absolute atomic E-state index is 11.6.